The van der Waals surface area contributed by atoms with Crippen molar-refractivity contribution in [1.29, 1.82) is 0 Å². The summed E-state index contributed by atoms with van der Waals surface area (Å²) in [7, 11) is 0. The van der Waals surface area contributed by atoms with Gasteiger partial charge in [0.05, 0.1) is 12.5 Å². The Kier molecular flexibility index (Phi) is 5.85. The number of carbonyl (C=O) groups is 2. The SMILES string of the molecule is CCOC(=O)N1CCC(NC(=O)C2CCCNC2C)CC1. The monoisotopic (exact) mass is 297 g/mol. The van der Waals surface area contributed by atoms with Gasteiger partial charge in [0, 0.05) is 25.2 Å². The van der Waals surface area contributed by atoms with Crippen LogP contribution in [0.3, 0.4) is 0 Å². The van der Waals surface area contributed by atoms with Crippen molar-refractivity contribution in [2.24, 2.45) is 5.92 Å². The average Bonchev–Trinajstić information content (AvgIpc) is 2.48. The van der Waals surface area contributed by atoms with Crippen molar-refractivity contribution in [1.82, 2.24) is 15.5 Å². The van der Waals surface area contributed by atoms with Crippen LogP contribution in [0.4, 0.5) is 4.79 Å². The molecule has 0 aromatic carbocycles. The van der Waals surface area contributed by atoms with Crippen molar-refractivity contribution in [2.45, 2.75) is 51.6 Å². The second-order valence-electron chi connectivity index (χ2n) is 5.96. The van der Waals surface area contributed by atoms with Gasteiger partial charge in [0.2, 0.25) is 5.91 Å². The Bertz CT molecular complexity index is 367. The standard InChI is InChI=1S/C15H27N3O3/c1-3-21-15(20)18-9-6-12(7-10-18)17-14(19)13-5-4-8-16-11(13)2/h11-13,16H,3-10H2,1-2H3,(H,17,19). The summed E-state index contributed by atoms with van der Waals surface area (Å²) in [6.07, 6.45) is 3.39. The summed E-state index contributed by atoms with van der Waals surface area (Å²) >= 11 is 0. The molecule has 2 heterocycles. The minimum Gasteiger partial charge on any atom is -0.450 e. The normalized spacial score (nSPS) is 27.2. The zero-order valence-corrected chi connectivity index (χ0v) is 13.1. The van der Waals surface area contributed by atoms with Gasteiger partial charge in [0.25, 0.3) is 0 Å². The summed E-state index contributed by atoms with van der Waals surface area (Å²) in [5.41, 5.74) is 0. The Balaban J connectivity index is 1.75. The third kappa shape index (κ3) is 4.33. The second-order valence-corrected chi connectivity index (χ2v) is 5.96. The quantitative estimate of drug-likeness (QED) is 0.819. The van der Waals surface area contributed by atoms with Crippen LogP contribution >= 0.6 is 0 Å². The van der Waals surface area contributed by atoms with E-state index in [1.165, 1.54) is 0 Å². The molecule has 6 nitrogen and oxygen atoms in total. The van der Waals surface area contributed by atoms with E-state index in [1.807, 2.05) is 6.92 Å². The molecule has 2 saturated heterocycles. The van der Waals surface area contributed by atoms with Crippen LogP contribution in [0.2, 0.25) is 0 Å². The van der Waals surface area contributed by atoms with Gasteiger partial charge in [0.1, 0.15) is 0 Å². The second kappa shape index (κ2) is 7.64. The van der Waals surface area contributed by atoms with Gasteiger partial charge in [-0.25, -0.2) is 4.79 Å². The summed E-state index contributed by atoms with van der Waals surface area (Å²) in [6, 6.07) is 0.427. The molecule has 2 atom stereocenters. The Hall–Kier alpha value is -1.30. The predicted molar refractivity (Wildman–Crippen MR) is 79.9 cm³/mol. The van der Waals surface area contributed by atoms with E-state index in [0.717, 1.165) is 32.2 Å². The first kappa shape index (κ1) is 16.1. The highest BCUT2D eigenvalue weighted by Crippen LogP contribution is 2.18. The number of carbonyl (C=O) groups excluding carboxylic acids is 2. The van der Waals surface area contributed by atoms with Gasteiger partial charge in [0.15, 0.2) is 0 Å². The Morgan fingerprint density at radius 1 is 1.29 bits per heavy atom. The van der Waals surface area contributed by atoms with E-state index in [9.17, 15) is 9.59 Å². The number of ether oxygens (including phenoxy) is 1. The highest BCUT2D eigenvalue weighted by Gasteiger charge is 2.30. The summed E-state index contributed by atoms with van der Waals surface area (Å²) in [4.78, 5) is 25.7. The van der Waals surface area contributed by atoms with E-state index in [-0.39, 0.29) is 30.0 Å². The molecule has 6 heteroatoms. The minimum absolute atomic E-state index is 0.0711. The molecule has 2 aliphatic rings. The highest BCUT2D eigenvalue weighted by atomic mass is 16.6. The van der Waals surface area contributed by atoms with Gasteiger partial charge in [-0.05, 0) is 46.1 Å². The smallest absolute Gasteiger partial charge is 0.409 e. The molecule has 2 rings (SSSR count). The molecule has 0 aromatic heterocycles. The van der Waals surface area contributed by atoms with Crippen LogP contribution in [0, 0.1) is 5.92 Å². The van der Waals surface area contributed by atoms with Gasteiger partial charge < -0.3 is 20.3 Å². The predicted octanol–water partition coefficient (Wildman–Crippen LogP) is 1.11. The Labute approximate surface area is 126 Å². The molecule has 0 radical (unpaired) electrons. The number of amides is 2. The Morgan fingerprint density at radius 2 is 2.00 bits per heavy atom. The average molecular weight is 297 g/mol. The molecule has 21 heavy (non-hydrogen) atoms. The fraction of sp³-hybridized carbons (Fsp3) is 0.867. The van der Waals surface area contributed by atoms with Gasteiger partial charge in [-0.15, -0.1) is 0 Å². The van der Waals surface area contributed by atoms with Crippen LogP contribution < -0.4 is 10.6 Å². The van der Waals surface area contributed by atoms with Crippen molar-refractivity contribution in [3.05, 3.63) is 0 Å². The molecule has 0 bridgehead atoms. The molecule has 0 saturated carbocycles. The van der Waals surface area contributed by atoms with Gasteiger partial charge in [-0.1, -0.05) is 0 Å². The van der Waals surface area contributed by atoms with Crippen molar-refractivity contribution in [3.63, 3.8) is 0 Å². The first-order chi connectivity index (χ1) is 10.1. The van der Waals surface area contributed by atoms with Gasteiger partial charge >= 0.3 is 6.09 Å². The van der Waals surface area contributed by atoms with Crippen molar-refractivity contribution < 1.29 is 14.3 Å². The number of likely N-dealkylation sites (tertiary alicyclic amines) is 1. The van der Waals surface area contributed by atoms with Crippen LogP contribution in [-0.4, -0.2) is 55.2 Å². The minimum atomic E-state index is -0.243. The van der Waals surface area contributed by atoms with Crippen LogP contribution in [0.25, 0.3) is 0 Å². The van der Waals surface area contributed by atoms with Crippen molar-refractivity contribution in [2.75, 3.05) is 26.2 Å². The van der Waals surface area contributed by atoms with E-state index in [2.05, 4.69) is 17.6 Å². The third-order valence-electron chi connectivity index (χ3n) is 4.47. The number of nitrogens with one attached hydrogen (secondary N) is 2. The highest BCUT2D eigenvalue weighted by molar-refractivity contribution is 5.79. The van der Waals surface area contributed by atoms with Crippen LogP contribution in [0.15, 0.2) is 0 Å². The van der Waals surface area contributed by atoms with E-state index < -0.39 is 0 Å². The lowest BCUT2D eigenvalue weighted by Gasteiger charge is -2.34. The lowest BCUT2D eigenvalue weighted by molar-refractivity contribution is -0.127. The largest absolute Gasteiger partial charge is 0.450 e. The maximum absolute atomic E-state index is 12.3. The van der Waals surface area contributed by atoms with E-state index >= 15 is 0 Å². The Morgan fingerprint density at radius 3 is 2.62 bits per heavy atom. The maximum Gasteiger partial charge on any atom is 0.409 e. The molecule has 2 fully saturated rings. The molecule has 2 aliphatic heterocycles. The lowest BCUT2D eigenvalue weighted by atomic mass is 9.90. The van der Waals surface area contributed by atoms with Crippen LogP contribution in [0.5, 0.6) is 0 Å². The summed E-state index contributed by atoms with van der Waals surface area (Å²) in [5.74, 6) is 0.228. The third-order valence-corrected chi connectivity index (χ3v) is 4.47. The summed E-state index contributed by atoms with van der Waals surface area (Å²) in [6.45, 7) is 6.60. The number of piperidine rings is 2. The van der Waals surface area contributed by atoms with Gasteiger partial charge in [-0.3, -0.25) is 4.79 Å². The van der Waals surface area contributed by atoms with E-state index in [1.54, 1.807) is 4.90 Å². The molecule has 2 N–H and O–H groups in total. The molecule has 2 amide bonds. The fourth-order valence-corrected chi connectivity index (χ4v) is 3.13. The molecular weight excluding hydrogens is 270 g/mol. The molecule has 0 aliphatic carbocycles. The van der Waals surface area contributed by atoms with Gasteiger partial charge in [-0.2, -0.15) is 0 Å². The zero-order valence-electron chi connectivity index (χ0n) is 13.1. The summed E-state index contributed by atoms with van der Waals surface area (Å²) in [5, 5.41) is 6.51. The molecule has 0 spiro atoms. The van der Waals surface area contributed by atoms with Crippen molar-refractivity contribution >= 4 is 12.0 Å². The maximum atomic E-state index is 12.3. The first-order valence-corrected chi connectivity index (χ1v) is 8.07. The summed E-state index contributed by atoms with van der Waals surface area (Å²) < 4.78 is 5.00. The first-order valence-electron chi connectivity index (χ1n) is 8.07. The molecule has 0 aromatic rings. The van der Waals surface area contributed by atoms with Crippen molar-refractivity contribution in [3.8, 4) is 0 Å². The molecule has 120 valence electrons. The molecular formula is C15H27N3O3. The number of hydrogen-bond acceptors (Lipinski definition) is 4. The topological polar surface area (TPSA) is 70.7 Å². The van der Waals surface area contributed by atoms with Crippen LogP contribution in [0.1, 0.15) is 39.5 Å². The number of nitrogens with zero attached hydrogens (tertiary/aromatic N) is 1. The fourth-order valence-electron chi connectivity index (χ4n) is 3.13. The van der Waals surface area contributed by atoms with Crippen LogP contribution in [-0.2, 0) is 9.53 Å². The van der Waals surface area contributed by atoms with E-state index in [0.29, 0.717) is 19.7 Å². The molecule has 2 unspecified atom stereocenters. The zero-order chi connectivity index (χ0) is 15.2. The number of hydrogen-bond donors (Lipinski definition) is 2. The van der Waals surface area contributed by atoms with E-state index in [4.69, 9.17) is 4.74 Å². The lowest BCUT2D eigenvalue weighted by Crippen LogP contribution is -2.52. The number of rotatable bonds is 3.